The minimum atomic E-state index is -1.68. The van der Waals surface area contributed by atoms with E-state index in [1.165, 1.54) is 19.3 Å². The molecule has 6 heteroatoms. The fourth-order valence-electron chi connectivity index (χ4n) is 3.80. The van der Waals surface area contributed by atoms with Gasteiger partial charge >= 0.3 is 6.09 Å². The van der Waals surface area contributed by atoms with Gasteiger partial charge in [0, 0.05) is 11.9 Å². The summed E-state index contributed by atoms with van der Waals surface area (Å²) in [4.78, 5) is 16.4. The van der Waals surface area contributed by atoms with E-state index in [9.17, 15) is 15.0 Å². The molecule has 0 aliphatic heterocycles. The van der Waals surface area contributed by atoms with Crippen LogP contribution in [0.4, 0.5) is 4.79 Å². The molecule has 1 fully saturated rings. The van der Waals surface area contributed by atoms with Gasteiger partial charge in [-0.2, -0.15) is 0 Å². The fraction of sp³-hybridized carbons (Fsp3) is 0.727. The van der Waals surface area contributed by atoms with E-state index in [1.54, 1.807) is 6.20 Å². The minimum absolute atomic E-state index is 0.311. The van der Waals surface area contributed by atoms with Gasteiger partial charge in [-0.15, -0.1) is 0 Å². The van der Waals surface area contributed by atoms with Gasteiger partial charge in [0.2, 0.25) is 0 Å². The molecular weight excluding hydrogens is 356 g/mol. The summed E-state index contributed by atoms with van der Waals surface area (Å²) in [5.74, 6) is 0.543. The Morgan fingerprint density at radius 2 is 2.14 bits per heavy atom. The number of carbonyl (C=O) groups is 1. The Kier molecular flexibility index (Phi) is 9.71. The lowest BCUT2D eigenvalue weighted by Crippen LogP contribution is -2.57. The van der Waals surface area contributed by atoms with E-state index in [0.717, 1.165) is 37.8 Å². The molecule has 1 aromatic rings. The molecule has 1 aliphatic rings. The lowest BCUT2D eigenvalue weighted by atomic mass is 9.83. The van der Waals surface area contributed by atoms with Gasteiger partial charge in [0.15, 0.2) is 5.72 Å². The standard InChI is InChI=1S/C22H36N2O4/c1-2-3-17-28-21(26)24-22(27,15-14-18-9-5-4-6-10-18)20(25)13-12-19-11-7-8-16-23-19/h7-8,11,16,18,20,25,27H,2-6,9-10,12-15,17H2,1H3,(H,24,26). The first-order chi connectivity index (χ1) is 13.5. The summed E-state index contributed by atoms with van der Waals surface area (Å²) in [5, 5.41) is 24.4. The van der Waals surface area contributed by atoms with Gasteiger partial charge in [0.25, 0.3) is 0 Å². The normalized spacial score (nSPS) is 18.2. The molecule has 6 nitrogen and oxygen atoms in total. The zero-order valence-electron chi connectivity index (χ0n) is 17.1. The first kappa shape index (κ1) is 22.6. The molecule has 1 amide bonds. The van der Waals surface area contributed by atoms with E-state index in [0.29, 0.717) is 31.8 Å². The van der Waals surface area contributed by atoms with Gasteiger partial charge < -0.3 is 14.9 Å². The average Bonchev–Trinajstić information content (AvgIpc) is 2.72. The molecule has 2 atom stereocenters. The number of rotatable bonds is 11. The molecule has 28 heavy (non-hydrogen) atoms. The topological polar surface area (TPSA) is 91.7 Å². The second-order valence-electron chi connectivity index (χ2n) is 7.96. The summed E-state index contributed by atoms with van der Waals surface area (Å²) in [6, 6.07) is 5.63. The Morgan fingerprint density at radius 1 is 1.36 bits per heavy atom. The number of nitrogens with zero attached hydrogens (tertiary/aromatic N) is 1. The van der Waals surface area contributed by atoms with E-state index < -0.39 is 17.9 Å². The Morgan fingerprint density at radius 3 is 2.82 bits per heavy atom. The molecule has 1 aromatic heterocycles. The van der Waals surface area contributed by atoms with Gasteiger partial charge in [-0.3, -0.25) is 10.3 Å². The van der Waals surface area contributed by atoms with Crippen LogP contribution in [0.2, 0.25) is 0 Å². The summed E-state index contributed by atoms with van der Waals surface area (Å²) in [6.45, 7) is 2.33. The van der Waals surface area contributed by atoms with E-state index >= 15 is 0 Å². The molecule has 0 saturated heterocycles. The van der Waals surface area contributed by atoms with Crippen LogP contribution in [0, 0.1) is 5.92 Å². The van der Waals surface area contributed by atoms with Crippen LogP contribution < -0.4 is 5.32 Å². The molecule has 1 aliphatic carbocycles. The maximum Gasteiger partial charge on any atom is 0.409 e. The number of hydrogen-bond acceptors (Lipinski definition) is 5. The molecule has 0 bridgehead atoms. The number of aromatic nitrogens is 1. The summed E-state index contributed by atoms with van der Waals surface area (Å²) < 4.78 is 5.15. The van der Waals surface area contributed by atoms with Crippen LogP contribution in [0.25, 0.3) is 0 Å². The third kappa shape index (κ3) is 7.76. The van der Waals surface area contributed by atoms with Crippen LogP contribution in [-0.2, 0) is 11.2 Å². The molecule has 1 saturated carbocycles. The molecule has 0 radical (unpaired) electrons. The fourth-order valence-corrected chi connectivity index (χ4v) is 3.80. The minimum Gasteiger partial charge on any atom is -0.450 e. The van der Waals surface area contributed by atoms with Crippen molar-refractivity contribution in [1.82, 2.24) is 10.3 Å². The number of ether oxygens (including phenoxy) is 1. The van der Waals surface area contributed by atoms with Crippen LogP contribution in [0.5, 0.6) is 0 Å². The summed E-state index contributed by atoms with van der Waals surface area (Å²) in [5.41, 5.74) is -0.836. The van der Waals surface area contributed by atoms with Crippen molar-refractivity contribution >= 4 is 6.09 Å². The largest absolute Gasteiger partial charge is 0.450 e. The molecule has 158 valence electrons. The quantitative estimate of drug-likeness (QED) is 0.392. The average molecular weight is 393 g/mol. The third-order valence-corrected chi connectivity index (χ3v) is 5.66. The maximum absolute atomic E-state index is 12.1. The Labute approximate surface area is 168 Å². The molecule has 2 unspecified atom stereocenters. The number of alkyl carbamates (subject to hydrolysis) is 1. The first-order valence-electron chi connectivity index (χ1n) is 10.8. The molecule has 2 rings (SSSR count). The van der Waals surface area contributed by atoms with Crippen LogP contribution >= 0.6 is 0 Å². The van der Waals surface area contributed by atoms with Crippen LogP contribution in [-0.4, -0.2) is 39.7 Å². The summed E-state index contributed by atoms with van der Waals surface area (Å²) >= 11 is 0. The number of amides is 1. The highest BCUT2D eigenvalue weighted by Crippen LogP contribution is 2.30. The van der Waals surface area contributed by atoms with Crippen molar-refractivity contribution < 1.29 is 19.7 Å². The third-order valence-electron chi connectivity index (χ3n) is 5.66. The number of aryl methyl sites for hydroxylation is 1. The van der Waals surface area contributed by atoms with E-state index in [4.69, 9.17) is 4.74 Å². The molecule has 0 spiro atoms. The SMILES string of the molecule is CCCCOC(=O)NC(O)(CCC1CCCCC1)C(O)CCc1ccccn1. The van der Waals surface area contributed by atoms with Crippen molar-refractivity contribution in [1.29, 1.82) is 0 Å². The van der Waals surface area contributed by atoms with Crippen molar-refractivity contribution in [2.75, 3.05) is 6.61 Å². The van der Waals surface area contributed by atoms with Gasteiger partial charge in [0.05, 0.1) is 6.61 Å². The zero-order valence-corrected chi connectivity index (χ0v) is 17.1. The number of aliphatic hydroxyl groups excluding tert-OH is 1. The summed E-state index contributed by atoms with van der Waals surface area (Å²) in [6.07, 6.45) is 9.62. The molecular formula is C22H36N2O4. The lowest BCUT2D eigenvalue weighted by Gasteiger charge is -2.35. The number of nitrogens with one attached hydrogen (secondary N) is 1. The van der Waals surface area contributed by atoms with Crippen LogP contribution in [0.15, 0.2) is 24.4 Å². The highest BCUT2D eigenvalue weighted by Gasteiger charge is 2.38. The number of carbonyl (C=O) groups excluding carboxylic acids is 1. The van der Waals surface area contributed by atoms with Crippen molar-refractivity contribution in [3.05, 3.63) is 30.1 Å². The van der Waals surface area contributed by atoms with Gasteiger partial charge in [-0.1, -0.05) is 51.5 Å². The molecule has 0 aromatic carbocycles. The number of unbranched alkanes of at least 4 members (excludes halogenated alkanes) is 1. The smallest absolute Gasteiger partial charge is 0.409 e. The maximum atomic E-state index is 12.1. The van der Waals surface area contributed by atoms with Gasteiger partial charge in [-0.25, -0.2) is 4.79 Å². The van der Waals surface area contributed by atoms with Crippen molar-refractivity contribution in [2.24, 2.45) is 5.92 Å². The number of aliphatic hydroxyl groups is 2. The Bertz CT molecular complexity index is 563. The zero-order chi connectivity index (χ0) is 20.2. The second-order valence-corrected chi connectivity index (χ2v) is 7.96. The molecule has 3 N–H and O–H groups in total. The van der Waals surface area contributed by atoms with Crippen LogP contribution in [0.1, 0.15) is 76.8 Å². The van der Waals surface area contributed by atoms with E-state index in [1.807, 2.05) is 25.1 Å². The number of pyridine rings is 1. The van der Waals surface area contributed by atoms with Gasteiger partial charge in [0.1, 0.15) is 6.10 Å². The lowest BCUT2D eigenvalue weighted by molar-refractivity contribution is -0.106. The van der Waals surface area contributed by atoms with Crippen molar-refractivity contribution in [3.63, 3.8) is 0 Å². The van der Waals surface area contributed by atoms with Crippen molar-refractivity contribution in [2.45, 2.75) is 89.4 Å². The van der Waals surface area contributed by atoms with Gasteiger partial charge in [-0.05, 0) is 50.2 Å². The highest BCUT2D eigenvalue weighted by atomic mass is 16.6. The molecule has 1 heterocycles. The van der Waals surface area contributed by atoms with E-state index in [-0.39, 0.29) is 0 Å². The summed E-state index contributed by atoms with van der Waals surface area (Å²) in [7, 11) is 0. The highest BCUT2D eigenvalue weighted by molar-refractivity contribution is 5.68. The van der Waals surface area contributed by atoms with E-state index in [2.05, 4.69) is 10.3 Å². The van der Waals surface area contributed by atoms with Crippen LogP contribution in [0.3, 0.4) is 0 Å². The second kappa shape index (κ2) is 12.0. The predicted octanol–water partition coefficient (Wildman–Crippen LogP) is 3.95. The Balaban J connectivity index is 1.94. The first-order valence-corrected chi connectivity index (χ1v) is 10.8. The predicted molar refractivity (Wildman–Crippen MR) is 109 cm³/mol. The van der Waals surface area contributed by atoms with Crippen molar-refractivity contribution in [3.8, 4) is 0 Å². The number of hydrogen-bond donors (Lipinski definition) is 3. The monoisotopic (exact) mass is 392 g/mol. The Hall–Kier alpha value is -1.66.